The van der Waals surface area contributed by atoms with E-state index >= 15 is 0 Å². The lowest BCUT2D eigenvalue weighted by Crippen LogP contribution is -2.53. The first-order valence-electron chi connectivity index (χ1n) is 12.5. The molecular weight excluding hydrogens is 533 g/mol. The second kappa shape index (κ2) is 9.65. The van der Waals surface area contributed by atoms with E-state index in [-0.39, 0.29) is 11.8 Å². The summed E-state index contributed by atoms with van der Waals surface area (Å²) in [7, 11) is 1.67. The summed E-state index contributed by atoms with van der Waals surface area (Å²) in [6.07, 6.45) is 0. The van der Waals surface area contributed by atoms with Gasteiger partial charge in [0.25, 0.3) is 5.91 Å². The Bertz CT molecular complexity index is 1650. The van der Waals surface area contributed by atoms with Crippen molar-refractivity contribution in [2.75, 3.05) is 25.0 Å². The SMILES string of the molecule is CN1C(=O)N(c2cc(Cl)cc(Cl)c2)C(=O)[C@]12CN(Cc1ccc3ccccc3n1)C[C@H]2c1ccc(C#N)cc1. The van der Waals surface area contributed by atoms with Crippen LogP contribution in [-0.2, 0) is 11.3 Å². The van der Waals surface area contributed by atoms with Crippen molar-refractivity contribution in [3.63, 3.8) is 0 Å². The van der Waals surface area contributed by atoms with Gasteiger partial charge in [-0.2, -0.15) is 5.26 Å². The quantitative estimate of drug-likeness (QED) is 0.295. The highest BCUT2D eigenvalue weighted by Gasteiger charge is 2.64. The molecule has 0 radical (unpaired) electrons. The summed E-state index contributed by atoms with van der Waals surface area (Å²) in [6.45, 7) is 1.35. The Morgan fingerprint density at radius 1 is 1.00 bits per heavy atom. The highest BCUT2D eigenvalue weighted by molar-refractivity contribution is 6.35. The van der Waals surface area contributed by atoms with Gasteiger partial charge in [0.2, 0.25) is 0 Å². The van der Waals surface area contributed by atoms with Crippen molar-refractivity contribution in [1.82, 2.24) is 14.8 Å². The Morgan fingerprint density at radius 3 is 2.44 bits per heavy atom. The monoisotopic (exact) mass is 555 g/mol. The molecule has 0 aliphatic carbocycles. The summed E-state index contributed by atoms with van der Waals surface area (Å²) in [4.78, 5) is 37.7. The number of imide groups is 1. The third-order valence-electron chi connectivity index (χ3n) is 7.72. The van der Waals surface area contributed by atoms with Crippen LogP contribution < -0.4 is 4.90 Å². The summed E-state index contributed by atoms with van der Waals surface area (Å²) in [5, 5.41) is 11.0. The lowest BCUT2D eigenvalue weighted by atomic mass is 9.80. The van der Waals surface area contributed by atoms with E-state index in [9.17, 15) is 14.9 Å². The van der Waals surface area contributed by atoms with Crippen molar-refractivity contribution in [2.24, 2.45) is 0 Å². The lowest BCUT2D eigenvalue weighted by Gasteiger charge is -2.34. The number of aromatic nitrogens is 1. The molecule has 3 amide bonds. The average Bonchev–Trinajstić information content (AvgIpc) is 3.39. The molecule has 2 saturated heterocycles. The standard InChI is InChI=1S/C30H23Cl2N5O2/c1-35-29(39)37(25-13-22(31)12-23(32)14-25)28(38)30(35)18-36(17-26(30)20-8-6-19(15-33)7-9-20)16-24-11-10-21-4-2-3-5-27(21)34-24/h2-14,26H,16-18H2,1H3/t26-,30+/m0/s1. The molecule has 0 unspecified atom stereocenters. The van der Waals surface area contributed by atoms with Gasteiger partial charge in [-0.25, -0.2) is 9.69 Å². The van der Waals surface area contributed by atoms with Gasteiger partial charge in [0.05, 0.1) is 28.5 Å². The van der Waals surface area contributed by atoms with Crippen LogP contribution in [0.2, 0.25) is 10.0 Å². The van der Waals surface area contributed by atoms with E-state index in [1.54, 1.807) is 42.3 Å². The van der Waals surface area contributed by atoms with Crippen molar-refractivity contribution in [3.8, 4) is 6.07 Å². The molecule has 2 atom stereocenters. The summed E-state index contributed by atoms with van der Waals surface area (Å²) in [5.41, 5.74) is 2.35. The number of rotatable bonds is 4. The van der Waals surface area contributed by atoms with Gasteiger partial charge >= 0.3 is 6.03 Å². The number of urea groups is 1. The van der Waals surface area contributed by atoms with Gasteiger partial charge in [0.15, 0.2) is 0 Å². The molecule has 1 aromatic heterocycles. The maximum Gasteiger partial charge on any atom is 0.332 e. The molecule has 4 aromatic rings. The summed E-state index contributed by atoms with van der Waals surface area (Å²) < 4.78 is 0. The van der Waals surface area contributed by atoms with Gasteiger partial charge in [-0.1, -0.05) is 59.6 Å². The minimum Gasteiger partial charge on any atom is -0.310 e. The van der Waals surface area contributed by atoms with Crippen LogP contribution in [0.4, 0.5) is 10.5 Å². The number of hydrogen-bond acceptors (Lipinski definition) is 5. The van der Waals surface area contributed by atoms with Crippen LogP contribution >= 0.6 is 23.2 Å². The number of para-hydroxylation sites is 1. The normalized spacial score (nSPS) is 21.3. The maximum atomic E-state index is 14.3. The Labute approximate surface area is 235 Å². The number of halogens is 2. The molecule has 6 rings (SSSR count). The number of pyridine rings is 1. The minimum absolute atomic E-state index is 0.318. The van der Waals surface area contributed by atoms with Crippen LogP contribution in [0.1, 0.15) is 22.7 Å². The number of nitrogens with zero attached hydrogens (tertiary/aromatic N) is 5. The number of amides is 3. The van der Waals surface area contributed by atoms with E-state index in [1.165, 1.54) is 4.90 Å². The van der Waals surface area contributed by atoms with E-state index in [0.29, 0.717) is 40.9 Å². The molecule has 0 bridgehead atoms. The number of likely N-dealkylation sites (N-methyl/N-ethyl adjacent to an activating group) is 1. The van der Waals surface area contributed by atoms with Crippen LogP contribution in [0, 0.1) is 11.3 Å². The van der Waals surface area contributed by atoms with E-state index in [1.807, 2.05) is 48.5 Å². The first kappa shape index (κ1) is 25.3. The molecule has 0 saturated carbocycles. The Balaban J connectivity index is 1.41. The number of anilines is 1. The van der Waals surface area contributed by atoms with Crippen molar-refractivity contribution in [3.05, 3.63) is 106 Å². The van der Waals surface area contributed by atoms with Crippen molar-refractivity contribution >= 4 is 51.7 Å². The summed E-state index contributed by atoms with van der Waals surface area (Å²) >= 11 is 12.5. The van der Waals surface area contributed by atoms with Gasteiger partial charge < -0.3 is 4.90 Å². The fourth-order valence-electron chi connectivity index (χ4n) is 5.84. The third kappa shape index (κ3) is 4.22. The zero-order valence-electron chi connectivity index (χ0n) is 21.0. The average molecular weight is 556 g/mol. The molecule has 194 valence electrons. The molecule has 39 heavy (non-hydrogen) atoms. The number of fused-ring (bicyclic) bond motifs is 1. The van der Waals surface area contributed by atoms with E-state index < -0.39 is 11.6 Å². The lowest BCUT2D eigenvalue weighted by molar-refractivity contribution is -0.124. The van der Waals surface area contributed by atoms with E-state index in [4.69, 9.17) is 28.2 Å². The van der Waals surface area contributed by atoms with Gasteiger partial charge in [0.1, 0.15) is 5.54 Å². The van der Waals surface area contributed by atoms with Crippen LogP contribution in [-0.4, -0.2) is 52.4 Å². The molecule has 1 spiro atoms. The number of likely N-dealkylation sites (tertiary alicyclic amines) is 1. The molecule has 3 aromatic carbocycles. The predicted octanol–water partition coefficient (Wildman–Crippen LogP) is 5.85. The predicted molar refractivity (Wildman–Crippen MR) is 151 cm³/mol. The molecule has 7 nitrogen and oxygen atoms in total. The second-order valence-electron chi connectivity index (χ2n) is 9.99. The van der Waals surface area contributed by atoms with Crippen LogP contribution in [0.15, 0.2) is 78.9 Å². The van der Waals surface area contributed by atoms with Gasteiger partial charge in [-0.3, -0.25) is 14.7 Å². The molecule has 3 heterocycles. The second-order valence-corrected chi connectivity index (χ2v) is 10.9. The third-order valence-corrected chi connectivity index (χ3v) is 8.16. The number of carbonyl (C=O) groups is 2. The fourth-order valence-corrected chi connectivity index (χ4v) is 6.35. The number of nitriles is 1. The maximum absolute atomic E-state index is 14.3. The largest absolute Gasteiger partial charge is 0.332 e. The molecule has 9 heteroatoms. The first-order valence-corrected chi connectivity index (χ1v) is 13.2. The zero-order valence-corrected chi connectivity index (χ0v) is 22.5. The molecule has 0 N–H and O–H groups in total. The summed E-state index contributed by atoms with van der Waals surface area (Å²) in [5.74, 6) is -0.677. The minimum atomic E-state index is -1.17. The topological polar surface area (TPSA) is 80.5 Å². The molecule has 2 fully saturated rings. The Morgan fingerprint density at radius 2 is 1.72 bits per heavy atom. The van der Waals surface area contributed by atoms with E-state index in [2.05, 4.69) is 11.0 Å². The number of carbonyl (C=O) groups excluding carboxylic acids is 2. The Kier molecular flexibility index (Phi) is 6.27. The summed E-state index contributed by atoms with van der Waals surface area (Å²) in [6, 6.07) is 25.6. The molecular formula is C30H23Cl2N5O2. The van der Waals surface area contributed by atoms with Crippen LogP contribution in [0.5, 0.6) is 0 Å². The van der Waals surface area contributed by atoms with Gasteiger partial charge in [0, 0.05) is 48.0 Å². The van der Waals surface area contributed by atoms with Crippen LogP contribution in [0.3, 0.4) is 0 Å². The van der Waals surface area contributed by atoms with Crippen molar-refractivity contribution in [2.45, 2.75) is 18.0 Å². The molecule has 2 aliphatic rings. The number of hydrogen-bond donors (Lipinski definition) is 0. The number of benzene rings is 3. The van der Waals surface area contributed by atoms with Crippen molar-refractivity contribution in [1.29, 1.82) is 5.26 Å². The van der Waals surface area contributed by atoms with Crippen LogP contribution in [0.25, 0.3) is 10.9 Å². The zero-order chi connectivity index (χ0) is 27.3. The Hall–Kier alpha value is -3.96. The highest BCUT2D eigenvalue weighted by Crippen LogP contribution is 2.47. The highest BCUT2D eigenvalue weighted by atomic mass is 35.5. The first-order chi connectivity index (χ1) is 18.8. The smallest absolute Gasteiger partial charge is 0.310 e. The molecule has 2 aliphatic heterocycles. The van der Waals surface area contributed by atoms with Crippen molar-refractivity contribution < 1.29 is 9.59 Å². The van der Waals surface area contributed by atoms with E-state index in [0.717, 1.165) is 22.2 Å². The van der Waals surface area contributed by atoms with Gasteiger partial charge in [-0.15, -0.1) is 0 Å². The van der Waals surface area contributed by atoms with Gasteiger partial charge in [-0.05, 0) is 48.0 Å². The fraction of sp³-hybridized carbons (Fsp3) is 0.200.